The second-order valence-corrected chi connectivity index (χ2v) is 6.05. The van der Waals surface area contributed by atoms with E-state index >= 15 is 0 Å². The molecule has 8 heteroatoms. The molecule has 0 amide bonds. The van der Waals surface area contributed by atoms with Gasteiger partial charge in [0.05, 0.1) is 24.6 Å². The number of benzene rings is 2. The van der Waals surface area contributed by atoms with Crippen LogP contribution in [-0.4, -0.2) is 41.7 Å². The minimum Gasteiger partial charge on any atom is -0.378 e. The van der Waals surface area contributed by atoms with Crippen LogP contribution in [0.1, 0.15) is 0 Å². The van der Waals surface area contributed by atoms with Gasteiger partial charge < -0.3 is 20.3 Å². The van der Waals surface area contributed by atoms with Gasteiger partial charge in [-0.05, 0) is 46.8 Å². The summed E-state index contributed by atoms with van der Waals surface area (Å²) >= 11 is 5.38. The molecule has 128 valence electrons. The Labute approximate surface area is 149 Å². The number of thiocarbonyl (C=S) groups is 1. The van der Waals surface area contributed by atoms with Gasteiger partial charge in [-0.3, -0.25) is 0 Å². The first-order chi connectivity index (χ1) is 12.3. The van der Waals surface area contributed by atoms with Gasteiger partial charge in [0, 0.05) is 18.8 Å². The number of morpholine rings is 1. The van der Waals surface area contributed by atoms with Gasteiger partial charge in [-0.15, -0.1) is 0 Å². The van der Waals surface area contributed by atoms with Crippen molar-refractivity contribution in [3.05, 3.63) is 42.5 Å². The van der Waals surface area contributed by atoms with Crippen molar-refractivity contribution in [3.63, 3.8) is 0 Å². The summed E-state index contributed by atoms with van der Waals surface area (Å²) in [4.78, 5) is 2.22. The Morgan fingerprint density at radius 2 is 1.72 bits per heavy atom. The summed E-state index contributed by atoms with van der Waals surface area (Å²) in [5.74, 6) is 0. The van der Waals surface area contributed by atoms with Crippen molar-refractivity contribution in [3.8, 4) is 0 Å². The SMILES string of the molecule is S=C(Nc1ccccc1)Nc1ccc(N2CCOCC2)c2nonc12. The average molecular weight is 355 g/mol. The van der Waals surface area contributed by atoms with Crippen molar-refractivity contribution in [1.29, 1.82) is 0 Å². The summed E-state index contributed by atoms with van der Waals surface area (Å²) in [7, 11) is 0. The monoisotopic (exact) mass is 355 g/mol. The smallest absolute Gasteiger partial charge is 0.175 e. The Kier molecular flexibility index (Phi) is 4.45. The third kappa shape index (κ3) is 3.40. The maximum absolute atomic E-state index is 5.41. The van der Waals surface area contributed by atoms with Gasteiger partial charge in [-0.1, -0.05) is 18.2 Å². The van der Waals surface area contributed by atoms with Gasteiger partial charge in [-0.25, -0.2) is 4.63 Å². The highest BCUT2D eigenvalue weighted by molar-refractivity contribution is 7.80. The predicted octanol–water partition coefficient (Wildman–Crippen LogP) is 2.87. The molecule has 1 aliphatic heterocycles. The summed E-state index contributed by atoms with van der Waals surface area (Å²) in [6.45, 7) is 3.06. The minimum absolute atomic E-state index is 0.481. The highest BCUT2D eigenvalue weighted by atomic mass is 32.1. The number of para-hydroxylation sites is 1. The number of nitrogens with one attached hydrogen (secondary N) is 2. The minimum atomic E-state index is 0.481. The number of rotatable bonds is 3. The van der Waals surface area contributed by atoms with E-state index in [-0.39, 0.29) is 0 Å². The van der Waals surface area contributed by atoms with E-state index in [1.807, 2.05) is 42.5 Å². The zero-order valence-electron chi connectivity index (χ0n) is 13.4. The Hall–Kier alpha value is -2.71. The van der Waals surface area contributed by atoms with Crippen LogP contribution in [0.15, 0.2) is 47.1 Å². The van der Waals surface area contributed by atoms with Crippen LogP contribution in [0.5, 0.6) is 0 Å². The molecule has 0 unspecified atom stereocenters. The molecule has 4 rings (SSSR count). The van der Waals surface area contributed by atoms with E-state index in [9.17, 15) is 0 Å². The van der Waals surface area contributed by atoms with E-state index < -0.39 is 0 Å². The maximum Gasteiger partial charge on any atom is 0.175 e. The molecule has 2 aromatic carbocycles. The fourth-order valence-electron chi connectivity index (χ4n) is 2.82. The van der Waals surface area contributed by atoms with E-state index in [1.54, 1.807) is 0 Å². The molecule has 0 bridgehead atoms. The lowest BCUT2D eigenvalue weighted by atomic mass is 10.2. The number of fused-ring (bicyclic) bond motifs is 1. The second kappa shape index (κ2) is 7.04. The van der Waals surface area contributed by atoms with Gasteiger partial charge in [0.25, 0.3) is 0 Å². The standard InChI is InChI=1S/C17H17N5O2S/c25-17(18-12-4-2-1-3-5-12)19-13-6-7-14(16-15(13)20-24-21-16)22-8-10-23-11-9-22/h1-7H,8-11H2,(H2,18,19,25). The van der Waals surface area contributed by atoms with Crippen molar-refractivity contribution in [2.45, 2.75) is 0 Å². The van der Waals surface area contributed by atoms with Crippen LogP contribution in [0, 0.1) is 0 Å². The molecule has 25 heavy (non-hydrogen) atoms. The lowest BCUT2D eigenvalue weighted by Crippen LogP contribution is -2.36. The molecule has 0 radical (unpaired) electrons. The molecule has 0 aliphatic carbocycles. The van der Waals surface area contributed by atoms with Crippen LogP contribution in [-0.2, 0) is 4.74 Å². The summed E-state index contributed by atoms with van der Waals surface area (Å²) < 4.78 is 10.4. The summed E-state index contributed by atoms with van der Waals surface area (Å²) in [5, 5.41) is 14.9. The molecule has 1 aliphatic rings. The molecular weight excluding hydrogens is 338 g/mol. The zero-order chi connectivity index (χ0) is 17.1. The largest absolute Gasteiger partial charge is 0.378 e. The van der Waals surface area contributed by atoms with E-state index in [0.29, 0.717) is 23.8 Å². The normalized spacial score (nSPS) is 14.5. The molecule has 2 heterocycles. The first-order valence-corrected chi connectivity index (χ1v) is 8.43. The quantitative estimate of drug-likeness (QED) is 0.695. The third-order valence-corrected chi connectivity index (χ3v) is 4.23. The first-order valence-electron chi connectivity index (χ1n) is 8.02. The van der Waals surface area contributed by atoms with Gasteiger partial charge in [-0.2, -0.15) is 0 Å². The molecule has 0 spiro atoms. The molecule has 2 N–H and O–H groups in total. The number of hydrogen-bond donors (Lipinski definition) is 2. The van der Waals surface area contributed by atoms with Gasteiger partial charge in [0.2, 0.25) is 0 Å². The molecule has 1 aromatic heterocycles. The van der Waals surface area contributed by atoms with Crippen LogP contribution < -0.4 is 15.5 Å². The van der Waals surface area contributed by atoms with Gasteiger partial charge >= 0.3 is 0 Å². The van der Waals surface area contributed by atoms with Crippen molar-refractivity contribution < 1.29 is 9.37 Å². The summed E-state index contributed by atoms with van der Waals surface area (Å²) in [6.07, 6.45) is 0. The Bertz CT molecular complexity index is 877. The molecule has 7 nitrogen and oxygen atoms in total. The van der Waals surface area contributed by atoms with Crippen molar-refractivity contribution in [2.24, 2.45) is 0 Å². The van der Waals surface area contributed by atoms with E-state index in [2.05, 4.69) is 25.8 Å². The van der Waals surface area contributed by atoms with Gasteiger partial charge in [0.1, 0.15) is 0 Å². The number of hydrogen-bond acceptors (Lipinski definition) is 6. The van der Waals surface area contributed by atoms with Crippen molar-refractivity contribution in [1.82, 2.24) is 10.3 Å². The van der Waals surface area contributed by atoms with Crippen LogP contribution in [0.3, 0.4) is 0 Å². The number of aromatic nitrogens is 2. The second-order valence-electron chi connectivity index (χ2n) is 5.64. The molecular formula is C17H17N5O2S. The Balaban J connectivity index is 1.56. The number of anilines is 3. The first kappa shape index (κ1) is 15.8. The fraction of sp³-hybridized carbons (Fsp3) is 0.235. The van der Waals surface area contributed by atoms with Crippen LogP contribution in [0.2, 0.25) is 0 Å². The molecule has 0 atom stereocenters. The average Bonchev–Trinajstić information content (AvgIpc) is 3.14. The Morgan fingerprint density at radius 1 is 0.960 bits per heavy atom. The third-order valence-electron chi connectivity index (χ3n) is 4.03. The predicted molar refractivity (Wildman–Crippen MR) is 101 cm³/mol. The van der Waals surface area contributed by atoms with E-state index in [1.165, 1.54) is 0 Å². The summed E-state index contributed by atoms with van der Waals surface area (Å²) in [6, 6.07) is 13.7. The number of ether oxygens (including phenoxy) is 1. The molecule has 1 saturated heterocycles. The molecule has 0 saturated carbocycles. The van der Waals surface area contributed by atoms with Crippen LogP contribution >= 0.6 is 12.2 Å². The van der Waals surface area contributed by atoms with Crippen molar-refractivity contribution >= 4 is 45.4 Å². The highest BCUT2D eigenvalue weighted by Crippen LogP contribution is 2.30. The lowest BCUT2D eigenvalue weighted by Gasteiger charge is -2.28. The topological polar surface area (TPSA) is 75.5 Å². The maximum atomic E-state index is 5.41. The summed E-state index contributed by atoms with van der Waals surface area (Å²) in [5.41, 5.74) is 4.03. The van der Waals surface area contributed by atoms with Crippen LogP contribution in [0.25, 0.3) is 11.0 Å². The Morgan fingerprint density at radius 3 is 2.52 bits per heavy atom. The van der Waals surface area contributed by atoms with Crippen LogP contribution in [0.4, 0.5) is 17.1 Å². The van der Waals surface area contributed by atoms with E-state index in [4.69, 9.17) is 21.6 Å². The highest BCUT2D eigenvalue weighted by Gasteiger charge is 2.19. The van der Waals surface area contributed by atoms with Crippen molar-refractivity contribution in [2.75, 3.05) is 41.8 Å². The molecule has 1 fully saturated rings. The fourth-order valence-corrected chi connectivity index (χ4v) is 3.05. The lowest BCUT2D eigenvalue weighted by molar-refractivity contribution is 0.123. The van der Waals surface area contributed by atoms with E-state index in [0.717, 1.165) is 35.7 Å². The zero-order valence-corrected chi connectivity index (χ0v) is 14.3. The van der Waals surface area contributed by atoms with Gasteiger partial charge in [0.15, 0.2) is 16.1 Å². The number of nitrogens with zero attached hydrogens (tertiary/aromatic N) is 3. The molecule has 3 aromatic rings.